The molecule has 128 valence electrons. The number of H-pyrrole nitrogens is 1. The average Bonchev–Trinajstić information content (AvgIpc) is 3.36. The molecular formula is C17H23N5OS. The standard InChI is InChI=1S/C17H23N5OS/c23-16(12-4-1-2-5-12)20-14-10-19-21-15(14)13-6-3-8-22(11-13)17-18-7-9-24-17/h7,9-10,12-13H,1-6,8,11H2,(H,19,21)(H,20,23). The highest BCUT2D eigenvalue weighted by Crippen LogP contribution is 2.34. The lowest BCUT2D eigenvalue weighted by molar-refractivity contribution is -0.119. The van der Waals surface area contributed by atoms with Crippen molar-refractivity contribution in [2.24, 2.45) is 5.92 Å². The minimum absolute atomic E-state index is 0.155. The van der Waals surface area contributed by atoms with Crippen LogP contribution in [0.4, 0.5) is 10.8 Å². The molecule has 1 aliphatic heterocycles. The molecule has 7 heteroatoms. The minimum Gasteiger partial charge on any atom is -0.347 e. The van der Waals surface area contributed by atoms with Crippen LogP contribution in [0.1, 0.15) is 50.1 Å². The lowest BCUT2D eigenvalue weighted by Gasteiger charge is -2.32. The van der Waals surface area contributed by atoms with Crippen LogP contribution in [0.25, 0.3) is 0 Å². The quantitative estimate of drug-likeness (QED) is 0.891. The molecule has 2 aliphatic rings. The van der Waals surface area contributed by atoms with Crippen LogP contribution < -0.4 is 10.2 Å². The molecule has 2 aromatic heterocycles. The number of nitrogens with zero attached hydrogens (tertiary/aromatic N) is 3. The normalized spacial score (nSPS) is 22.0. The van der Waals surface area contributed by atoms with Crippen LogP contribution in [0.2, 0.25) is 0 Å². The number of amides is 1. The lowest BCUT2D eigenvalue weighted by atomic mass is 9.94. The van der Waals surface area contributed by atoms with E-state index < -0.39 is 0 Å². The van der Waals surface area contributed by atoms with E-state index in [0.717, 1.165) is 55.3 Å². The molecule has 2 N–H and O–H groups in total. The van der Waals surface area contributed by atoms with Crippen LogP contribution in [0, 0.1) is 5.92 Å². The van der Waals surface area contributed by atoms with Crippen molar-refractivity contribution in [1.82, 2.24) is 15.2 Å². The summed E-state index contributed by atoms with van der Waals surface area (Å²) in [6, 6.07) is 0. The number of aromatic nitrogens is 3. The minimum atomic E-state index is 0.155. The molecule has 1 unspecified atom stereocenters. The molecule has 1 saturated heterocycles. The second-order valence-electron chi connectivity index (χ2n) is 6.77. The van der Waals surface area contributed by atoms with Crippen molar-refractivity contribution in [2.45, 2.75) is 44.4 Å². The highest BCUT2D eigenvalue weighted by molar-refractivity contribution is 7.13. The van der Waals surface area contributed by atoms with E-state index in [4.69, 9.17) is 0 Å². The van der Waals surface area contributed by atoms with Gasteiger partial charge in [0.2, 0.25) is 5.91 Å². The highest BCUT2D eigenvalue weighted by atomic mass is 32.1. The molecule has 2 fully saturated rings. The van der Waals surface area contributed by atoms with E-state index in [1.54, 1.807) is 17.5 Å². The number of piperidine rings is 1. The van der Waals surface area contributed by atoms with E-state index in [1.165, 1.54) is 12.8 Å². The van der Waals surface area contributed by atoms with Gasteiger partial charge in [0.15, 0.2) is 5.13 Å². The van der Waals surface area contributed by atoms with Gasteiger partial charge in [-0.05, 0) is 25.7 Å². The molecule has 24 heavy (non-hydrogen) atoms. The molecule has 3 heterocycles. The summed E-state index contributed by atoms with van der Waals surface area (Å²) in [5, 5.41) is 13.5. The van der Waals surface area contributed by atoms with Gasteiger partial charge in [-0.3, -0.25) is 9.89 Å². The number of thiazole rings is 1. The summed E-state index contributed by atoms with van der Waals surface area (Å²) < 4.78 is 0. The van der Waals surface area contributed by atoms with Crippen LogP contribution in [-0.4, -0.2) is 34.2 Å². The molecular weight excluding hydrogens is 322 g/mol. The summed E-state index contributed by atoms with van der Waals surface area (Å²) in [5.41, 5.74) is 1.92. The maximum atomic E-state index is 12.4. The number of anilines is 2. The SMILES string of the molecule is O=C(Nc1cn[nH]c1C1CCCN(c2nccs2)C1)C1CCCC1. The highest BCUT2D eigenvalue weighted by Gasteiger charge is 2.28. The Labute approximate surface area is 145 Å². The Bertz CT molecular complexity index is 677. The Morgan fingerprint density at radius 1 is 1.29 bits per heavy atom. The summed E-state index contributed by atoms with van der Waals surface area (Å²) in [6.45, 7) is 1.96. The second-order valence-corrected chi connectivity index (χ2v) is 7.64. The number of carbonyl (C=O) groups is 1. The summed E-state index contributed by atoms with van der Waals surface area (Å²) in [5.74, 6) is 0.678. The van der Waals surface area contributed by atoms with Crippen LogP contribution in [0.3, 0.4) is 0 Å². The van der Waals surface area contributed by atoms with Gasteiger partial charge in [-0.1, -0.05) is 12.8 Å². The summed E-state index contributed by atoms with van der Waals surface area (Å²) in [4.78, 5) is 19.2. The summed E-state index contributed by atoms with van der Waals surface area (Å²) in [6.07, 6.45) is 10.2. The summed E-state index contributed by atoms with van der Waals surface area (Å²) >= 11 is 1.68. The van der Waals surface area contributed by atoms with Crippen LogP contribution in [0.15, 0.2) is 17.8 Å². The Balaban J connectivity index is 1.46. The molecule has 0 spiro atoms. The zero-order chi connectivity index (χ0) is 16.4. The fourth-order valence-electron chi connectivity index (χ4n) is 3.89. The van der Waals surface area contributed by atoms with E-state index in [-0.39, 0.29) is 11.8 Å². The van der Waals surface area contributed by atoms with E-state index >= 15 is 0 Å². The predicted molar refractivity (Wildman–Crippen MR) is 95.5 cm³/mol. The number of rotatable bonds is 4. The number of nitrogens with one attached hydrogen (secondary N) is 2. The third-order valence-corrected chi connectivity index (χ3v) is 6.00. The number of aromatic amines is 1. The van der Waals surface area contributed by atoms with Crippen LogP contribution in [0.5, 0.6) is 0 Å². The topological polar surface area (TPSA) is 73.9 Å². The van der Waals surface area contributed by atoms with Gasteiger partial charge in [-0.15, -0.1) is 11.3 Å². The van der Waals surface area contributed by atoms with Crippen molar-refractivity contribution < 1.29 is 4.79 Å². The summed E-state index contributed by atoms with van der Waals surface area (Å²) in [7, 11) is 0. The second kappa shape index (κ2) is 6.93. The van der Waals surface area contributed by atoms with Crippen molar-refractivity contribution in [1.29, 1.82) is 0 Å². The fraction of sp³-hybridized carbons (Fsp3) is 0.588. The molecule has 1 atom stereocenters. The third kappa shape index (κ3) is 3.17. The van der Waals surface area contributed by atoms with Crippen molar-refractivity contribution in [3.05, 3.63) is 23.5 Å². The van der Waals surface area contributed by atoms with E-state index in [1.807, 2.05) is 11.6 Å². The molecule has 0 aromatic carbocycles. The maximum absolute atomic E-state index is 12.4. The van der Waals surface area contributed by atoms with Gasteiger partial charge < -0.3 is 10.2 Å². The number of hydrogen-bond acceptors (Lipinski definition) is 5. The van der Waals surface area contributed by atoms with Gasteiger partial charge >= 0.3 is 0 Å². The fourth-order valence-corrected chi connectivity index (χ4v) is 4.57. The molecule has 6 nitrogen and oxygen atoms in total. The molecule has 0 radical (unpaired) electrons. The Hall–Kier alpha value is -1.89. The van der Waals surface area contributed by atoms with Gasteiger partial charge in [0.1, 0.15) is 0 Å². The smallest absolute Gasteiger partial charge is 0.227 e. The van der Waals surface area contributed by atoms with Gasteiger partial charge in [0.05, 0.1) is 17.6 Å². The van der Waals surface area contributed by atoms with Crippen LogP contribution >= 0.6 is 11.3 Å². The molecule has 4 rings (SSSR count). The van der Waals surface area contributed by atoms with E-state index in [9.17, 15) is 4.79 Å². The lowest BCUT2D eigenvalue weighted by Crippen LogP contribution is -2.34. The average molecular weight is 345 g/mol. The monoisotopic (exact) mass is 345 g/mol. The largest absolute Gasteiger partial charge is 0.347 e. The molecule has 1 saturated carbocycles. The number of carbonyl (C=O) groups excluding carboxylic acids is 1. The Morgan fingerprint density at radius 2 is 2.17 bits per heavy atom. The third-order valence-electron chi connectivity index (χ3n) is 5.17. The Kier molecular flexibility index (Phi) is 4.51. The van der Waals surface area contributed by atoms with Gasteiger partial charge in [0.25, 0.3) is 0 Å². The maximum Gasteiger partial charge on any atom is 0.227 e. The van der Waals surface area contributed by atoms with Gasteiger partial charge in [0, 0.05) is 36.5 Å². The van der Waals surface area contributed by atoms with E-state index in [0.29, 0.717) is 5.92 Å². The Morgan fingerprint density at radius 3 is 2.96 bits per heavy atom. The molecule has 2 aromatic rings. The van der Waals surface area contributed by atoms with Crippen molar-refractivity contribution in [2.75, 3.05) is 23.3 Å². The van der Waals surface area contributed by atoms with E-state index in [2.05, 4.69) is 25.4 Å². The molecule has 0 bridgehead atoms. The van der Waals surface area contributed by atoms with Gasteiger partial charge in [-0.2, -0.15) is 5.10 Å². The van der Waals surface area contributed by atoms with Crippen molar-refractivity contribution >= 4 is 28.1 Å². The first kappa shape index (κ1) is 15.6. The predicted octanol–water partition coefficient (Wildman–Crippen LogP) is 3.38. The van der Waals surface area contributed by atoms with Crippen LogP contribution in [-0.2, 0) is 4.79 Å². The zero-order valence-corrected chi connectivity index (χ0v) is 14.5. The first-order valence-corrected chi connectivity index (χ1v) is 9.68. The first-order valence-electron chi connectivity index (χ1n) is 8.80. The zero-order valence-electron chi connectivity index (χ0n) is 13.7. The van der Waals surface area contributed by atoms with Crippen molar-refractivity contribution in [3.8, 4) is 0 Å². The molecule has 1 amide bonds. The van der Waals surface area contributed by atoms with Gasteiger partial charge in [-0.25, -0.2) is 4.98 Å². The van der Waals surface area contributed by atoms with Crippen molar-refractivity contribution in [3.63, 3.8) is 0 Å². The first-order chi connectivity index (χ1) is 11.8. The number of hydrogen-bond donors (Lipinski definition) is 2. The molecule has 1 aliphatic carbocycles.